The number of nitrogens with one attached hydrogen (secondary N) is 1. The predicted octanol–water partition coefficient (Wildman–Crippen LogP) is 5.11. The number of esters is 1. The van der Waals surface area contributed by atoms with Crippen molar-refractivity contribution < 1.29 is 27.2 Å². The summed E-state index contributed by atoms with van der Waals surface area (Å²) >= 11 is -0.544. The SMILES string of the molecule is CC/C=C1/C/C1=C/C(C)CCC(=O)OC1CCC(CC[NH+]([O-])SC(F)(F)F)CC1. The molecule has 2 fully saturated rings. The molecule has 0 aromatic carbocycles. The van der Waals surface area contributed by atoms with Crippen molar-refractivity contribution in [3.63, 3.8) is 0 Å². The number of hydrogen-bond donors (Lipinski definition) is 1. The van der Waals surface area contributed by atoms with Crippen molar-refractivity contribution in [2.75, 3.05) is 6.54 Å². The highest BCUT2D eigenvalue weighted by Gasteiger charge is 2.35. The summed E-state index contributed by atoms with van der Waals surface area (Å²) in [5.74, 6) is 0.414. The number of carbonyl (C=O) groups is 1. The van der Waals surface area contributed by atoms with Crippen LogP contribution in [-0.4, -0.2) is 24.1 Å². The van der Waals surface area contributed by atoms with Gasteiger partial charge < -0.3 is 14.4 Å². The topological polar surface area (TPSA) is 53.8 Å². The van der Waals surface area contributed by atoms with Gasteiger partial charge in [-0.2, -0.15) is 13.2 Å². The summed E-state index contributed by atoms with van der Waals surface area (Å²) < 4.78 is 41.2. The first-order chi connectivity index (χ1) is 13.7. The molecule has 2 aliphatic carbocycles. The zero-order valence-electron chi connectivity index (χ0n) is 17.2. The normalized spacial score (nSPS) is 27.1. The number of halogens is 3. The van der Waals surface area contributed by atoms with Crippen LogP contribution in [0.25, 0.3) is 0 Å². The van der Waals surface area contributed by atoms with Crippen LogP contribution in [0.4, 0.5) is 13.2 Å². The van der Waals surface area contributed by atoms with Crippen LogP contribution in [0.1, 0.15) is 71.6 Å². The van der Waals surface area contributed by atoms with Gasteiger partial charge in [-0.05, 0) is 67.9 Å². The highest BCUT2D eigenvalue weighted by atomic mass is 32.2. The first-order valence-electron chi connectivity index (χ1n) is 10.5. The fourth-order valence-corrected chi connectivity index (χ4v) is 4.31. The van der Waals surface area contributed by atoms with E-state index in [-0.39, 0.29) is 24.5 Å². The van der Waals surface area contributed by atoms with Crippen LogP contribution in [0.3, 0.4) is 0 Å². The van der Waals surface area contributed by atoms with E-state index in [0.717, 1.165) is 44.9 Å². The number of hydroxylamine groups is 1. The highest BCUT2D eigenvalue weighted by Crippen LogP contribution is 2.38. The van der Waals surface area contributed by atoms with Gasteiger partial charge in [0.25, 0.3) is 0 Å². The van der Waals surface area contributed by atoms with Gasteiger partial charge in [0.2, 0.25) is 0 Å². The molecule has 0 spiro atoms. The maximum atomic E-state index is 12.2. The Hall–Kier alpha value is -0.990. The summed E-state index contributed by atoms with van der Waals surface area (Å²) in [4.78, 5) is 12.1. The lowest BCUT2D eigenvalue weighted by atomic mass is 9.85. The van der Waals surface area contributed by atoms with E-state index in [9.17, 15) is 23.2 Å². The molecule has 1 N–H and O–H groups in total. The second kappa shape index (κ2) is 11.4. The van der Waals surface area contributed by atoms with Crippen molar-refractivity contribution in [1.29, 1.82) is 0 Å². The number of carbonyl (C=O) groups excluding carboxylic acids is 1. The van der Waals surface area contributed by atoms with Gasteiger partial charge in [-0.25, -0.2) is 0 Å². The van der Waals surface area contributed by atoms with E-state index in [1.807, 2.05) is 0 Å². The van der Waals surface area contributed by atoms with Gasteiger partial charge in [0.05, 0.1) is 6.54 Å². The molecule has 166 valence electrons. The van der Waals surface area contributed by atoms with Gasteiger partial charge in [-0.1, -0.05) is 26.0 Å². The van der Waals surface area contributed by atoms with Crippen LogP contribution in [-0.2, 0) is 9.53 Å². The molecule has 2 atom stereocenters. The maximum absolute atomic E-state index is 12.2. The van der Waals surface area contributed by atoms with Gasteiger partial charge in [0, 0.05) is 12.8 Å². The summed E-state index contributed by atoms with van der Waals surface area (Å²) in [7, 11) is 0. The summed E-state index contributed by atoms with van der Waals surface area (Å²) in [5, 5.41) is 11.3. The largest absolute Gasteiger partial charge is 0.621 e. The van der Waals surface area contributed by atoms with E-state index in [2.05, 4.69) is 26.0 Å². The fourth-order valence-electron chi connectivity index (χ4n) is 3.83. The molecule has 2 aliphatic rings. The molecule has 0 saturated heterocycles. The van der Waals surface area contributed by atoms with Gasteiger partial charge in [-0.15, -0.1) is 0 Å². The van der Waals surface area contributed by atoms with Crippen molar-refractivity contribution in [1.82, 2.24) is 0 Å². The molecular formula is C21H32F3NO3S. The zero-order chi connectivity index (χ0) is 21.4. The van der Waals surface area contributed by atoms with Crippen LogP contribution in [0.2, 0.25) is 0 Å². The Morgan fingerprint density at radius 3 is 2.62 bits per heavy atom. The molecule has 2 saturated carbocycles. The third-order valence-electron chi connectivity index (χ3n) is 5.49. The number of allylic oxidation sites excluding steroid dienone is 4. The monoisotopic (exact) mass is 435 g/mol. The maximum Gasteiger partial charge on any atom is 0.496 e. The average Bonchev–Trinajstić information content (AvgIpc) is 3.35. The van der Waals surface area contributed by atoms with E-state index < -0.39 is 21.9 Å². The Labute approximate surface area is 175 Å². The lowest BCUT2D eigenvalue weighted by molar-refractivity contribution is -0.698. The van der Waals surface area contributed by atoms with Crippen molar-refractivity contribution >= 4 is 17.9 Å². The van der Waals surface area contributed by atoms with Crippen LogP contribution in [0.15, 0.2) is 23.3 Å². The van der Waals surface area contributed by atoms with Crippen molar-refractivity contribution in [3.05, 3.63) is 28.5 Å². The second-order valence-electron chi connectivity index (χ2n) is 8.11. The third kappa shape index (κ3) is 10.0. The molecule has 29 heavy (non-hydrogen) atoms. The van der Waals surface area contributed by atoms with E-state index in [1.165, 1.54) is 11.1 Å². The quantitative estimate of drug-likeness (QED) is 0.294. The highest BCUT2D eigenvalue weighted by molar-refractivity contribution is 7.93. The molecule has 0 amide bonds. The van der Waals surface area contributed by atoms with E-state index in [4.69, 9.17) is 4.74 Å². The molecule has 0 aliphatic heterocycles. The van der Waals surface area contributed by atoms with Gasteiger partial charge in [0.1, 0.15) is 6.10 Å². The Bertz CT molecular complexity index is 598. The number of ether oxygens (including phenoxy) is 1. The van der Waals surface area contributed by atoms with E-state index in [0.29, 0.717) is 18.8 Å². The first-order valence-corrected chi connectivity index (χ1v) is 11.4. The lowest BCUT2D eigenvalue weighted by Gasteiger charge is -2.29. The molecule has 2 rings (SSSR count). The molecule has 0 bridgehead atoms. The molecule has 0 heterocycles. The van der Waals surface area contributed by atoms with E-state index >= 15 is 0 Å². The molecule has 0 aromatic heterocycles. The Morgan fingerprint density at radius 2 is 2.00 bits per heavy atom. The summed E-state index contributed by atoms with van der Waals surface area (Å²) in [6, 6.07) is 0. The van der Waals surface area contributed by atoms with Crippen LogP contribution < -0.4 is 4.47 Å². The first kappa shape index (κ1) is 24.3. The van der Waals surface area contributed by atoms with Crippen molar-refractivity contribution in [2.24, 2.45) is 11.8 Å². The molecule has 4 nitrogen and oxygen atoms in total. The summed E-state index contributed by atoms with van der Waals surface area (Å²) in [6.45, 7) is 4.19. The third-order valence-corrected chi connectivity index (χ3v) is 6.15. The average molecular weight is 436 g/mol. The Morgan fingerprint density at radius 1 is 1.31 bits per heavy atom. The van der Waals surface area contributed by atoms with Gasteiger partial charge >= 0.3 is 11.5 Å². The van der Waals surface area contributed by atoms with Crippen LogP contribution in [0, 0.1) is 17.0 Å². The van der Waals surface area contributed by atoms with Crippen LogP contribution in [0.5, 0.6) is 0 Å². The molecular weight excluding hydrogens is 403 g/mol. The predicted molar refractivity (Wildman–Crippen MR) is 109 cm³/mol. The molecule has 0 radical (unpaired) electrons. The zero-order valence-corrected chi connectivity index (χ0v) is 18.0. The fraction of sp³-hybridized carbons (Fsp3) is 0.762. The standard InChI is InChI=1S/C21H32F3NO3S/c1-3-4-17-14-18(17)13-15(2)5-10-20(26)28-19-8-6-16(7-9-19)11-12-25(27)29-21(22,23)24/h4,13,15-16,19,25H,3,5-12,14H2,1-2H3/b17-4-,18-13-. The number of hydrogen-bond acceptors (Lipinski definition) is 4. The number of rotatable bonds is 10. The lowest BCUT2D eigenvalue weighted by Crippen LogP contribution is -3.01. The minimum absolute atomic E-state index is 0.0537. The van der Waals surface area contributed by atoms with Crippen molar-refractivity contribution in [2.45, 2.75) is 83.2 Å². The van der Waals surface area contributed by atoms with Gasteiger partial charge in [-0.3, -0.25) is 4.79 Å². The van der Waals surface area contributed by atoms with Crippen molar-refractivity contribution in [3.8, 4) is 0 Å². The number of alkyl halides is 3. The summed E-state index contributed by atoms with van der Waals surface area (Å²) in [6.07, 6.45) is 11.2. The molecule has 2 unspecified atom stereocenters. The minimum Gasteiger partial charge on any atom is -0.621 e. The number of quaternary nitrogens is 1. The van der Waals surface area contributed by atoms with Gasteiger partial charge in [0.15, 0.2) is 11.9 Å². The molecule has 8 heteroatoms. The second-order valence-corrected chi connectivity index (χ2v) is 9.24. The Balaban J connectivity index is 1.58. The Kier molecular flexibility index (Phi) is 9.56. The molecule has 0 aromatic rings. The smallest absolute Gasteiger partial charge is 0.496 e. The van der Waals surface area contributed by atoms with E-state index in [1.54, 1.807) is 0 Å². The van der Waals surface area contributed by atoms with Crippen LogP contribution >= 0.6 is 11.9 Å². The minimum atomic E-state index is -4.50. The summed E-state index contributed by atoms with van der Waals surface area (Å²) in [5.41, 5.74) is -1.67.